The van der Waals surface area contributed by atoms with Gasteiger partial charge in [-0.3, -0.25) is 0 Å². The molecule has 0 aliphatic heterocycles. The van der Waals surface area contributed by atoms with E-state index in [0.29, 0.717) is 0 Å². The molecule has 0 unspecified atom stereocenters. The summed E-state index contributed by atoms with van der Waals surface area (Å²) in [5, 5.41) is 0. The number of nitrogens with zero attached hydrogens (tertiary/aromatic N) is 1. The Bertz CT molecular complexity index is 365. The van der Waals surface area contributed by atoms with Gasteiger partial charge in [-0.05, 0) is 5.56 Å². The molecular weight excluding hydrogens is 209 g/mol. The van der Waals surface area contributed by atoms with Crippen LogP contribution in [0.5, 0.6) is 0 Å². The lowest BCUT2D eigenvalue weighted by Crippen LogP contribution is -2.28. The molecule has 0 aliphatic rings. The number of benzene rings is 1. The summed E-state index contributed by atoms with van der Waals surface area (Å²) in [4.78, 5) is 12.5. The lowest BCUT2D eigenvalue weighted by atomic mass is 10.2. The predicted molar refractivity (Wildman–Crippen MR) is 59.5 cm³/mol. The molecule has 0 atom stereocenters. The van der Waals surface area contributed by atoms with Crippen LogP contribution in [-0.4, -0.2) is 24.6 Å². The fraction of sp³-hybridized carbons (Fsp3) is 0.250. The molecule has 0 aliphatic carbocycles. The van der Waals surface area contributed by atoms with Crippen molar-refractivity contribution >= 4 is 6.09 Å². The Kier molecular flexibility index (Phi) is 4.51. The monoisotopic (exact) mass is 223 g/mol. The van der Waals surface area contributed by atoms with Crippen molar-refractivity contribution in [3.05, 3.63) is 48.3 Å². The van der Waals surface area contributed by atoms with Gasteiger partial charge in [-0.2, -0.15) is 0 Å². The molecule has 4 heteroatoms. The van der Waals surface area contributed by atoms with E-state index in [0.717, 1.165) is 10.5 Å². The number of likely N-dealkylation sites (N-methyl/N-ethyl adjacent to an activating group) is 1. The largest absolute Gasteiger partial charge is 0.445 e. The Morgan fingerprint density at radius 3 is 2.62 bits per heavy atom. The number of amides is 1. The molecule has 0 saturated carbocycles. The summed E-state index contributed by atoms with van der Waals surface area (Å²) < 4.78 is 17.4. The zero-order valence-electron chi connectivity index (χ0n) is 9.15. The van der Waals surface area contributed by atoms with Crippen molar-refractivity contribution < 1.29 is 13.9 Å². The maximum atomic E-state index is 12.4. The molecule has 86 valence electrons. The first-order valence-electron chi connectivity index (χ1n) is 4.84. The van der Waals surface area contributed by atoms with Crippen molar-refractivity contribution in [2.24, 2.45) is 0 Å². The Balaban J connectivity index is 2.38. The van der Waals surface area contributed by atoms with Gasteiger partial charge in [-0.25, -0.2) is 9.18 Å². The van der Waals surface area contributed by atoms with Crippen LogP contribution in [0.4, 0.5) is 9.18 Å². The highest BCUT2D eigenvalue weighted by molar-refractivity contribution is 5.67. The third-order valence-electron chi connectivity index (χ3n) is 1.93. The average Bonchev–Trinajstić information content (AvgIpc) is 2.26. The van der Waals surface area contributed by atoms with Gasteiger partial charge in [0.2, 0.25) is 0 Å². The molecule has 0 fully saturated rings. The van der Waals surface area contributed by atoms with E-state index in [1.165, 1.54) is 7.05 Å². The van der Waals surface area contributed by atoms with E-state index in [1.807, 2.05) is 30.3 Å². The minimum Gasteiger partial charge on any atom is -0.445 e. The van der Waals surface area contributed by atoms with E-state index < -0.39 is 11.9 Å². The average molecular weight is 223 g/mol. The first kappa shape index (κ1) is 12.2. The normalized spacial score (nSPS) is 9.62. The summed E-state index contributed by atoms with van der Waals surface area (Å²) >= 11 is 0. The number of hydrogen-bond donors (Lipinski definition) is 0. The molecule has 1 aromatic rings. The van der Waals surface area contributed by atoms with E-state index >= 15 is 0 Å². The molecule has 1 rings (SSSR count). The summed E-state index contributed by atoms with van der Waals surface area (Å²) in [6.45, 7) is 3.12. The molecule has 0 radical (unpaired) electrons. The van der Waals surface area contributed by atoms with Crippen LogP contribution < -0.4 is 0 Å². The SMILES string of the molecule is C=C(F)CN(C)C(=O)OCc1ccccc1. The molecule has 16 heavy (non-hydrogen) atoms. The second-order valence-electron chi connectivity index (χ2n) is 3.41. The van der Waals surface area contributed by atoms with Crippen molar-refractivity contribution in [3.8, 4) is 0 Å². The number of rotatable bonds is 4. The number of carbonyl (C=O) groups is 1. The fourth-order valence-corrected chi connectivity index (χ4v) is 1.15. The highest BCUT2D eigenvalue weighted by atomic mass is 19.1. The van der Waals surface area contributed by atoms with Crippen LogP contribution in [0, 0.1) is 0 Å². The highest BCUT2D eigenvalue weighted by Gasteiger charge is 2.10. The molecule has 0 N–H and O–H groups in total. The third-order valence-corrected chi connectivity index (χ3v) is 1.93. The van der Waals surface area contributed by atoms with Gasteiger partial charge in [-0.15, -0.1) is 0 Å². The minimum atomic E-state index is -0.570. The summed E-state index contributed by atoms with van der Waals surface area (Å²) in [6, 6.07) is 9.29. The van der Waals surface area contributed by atoms with Crippen LogP contribution >= 0.6 is 0 Å². The summed E-state index contributed by atoms with van der Waals surface area (Å²) in [5.41, 5.74) is 0.892. The number of carbonyl (C=O) groups excluding carboxylic acids is 1. The second-order valence-corrected chi connectivity index (χ2v) is 3.41. The van der Waals surface area contributed by atoms with Gasteiger partial charge in [0.05, 0.1) is 6.54 Å². The Morgan fingerprint density at radius 2 is 2.06 bits per heavy atom. The number of halogens is 1. The van der Waals surface area contributed by atoms with Crippen molar-refractivity contribution in [1.29, 1.82) is 0 Å². The zero-order chi connectivity index (χ0) is 12.0. The Labute approximate surface area is 94.1 Å². The summed E-state index contributed by atoms with van der Waals surface area (Å²) in [6.07, 6.45) is -0.567. The van der Waals surface area contributed by atoms with Gasteiger partial charge >= 0.3 is 6.09 Å². The van der Waals surface area contributed by atoms with Crippen LogP contribution in [0.2, 0.25) is 0 Å². The van der Waals surface area contributed by atoms with Gasteiger partial charge in [0.15, 0.2) is 0 Å². The van der Waals surface area contributed by atoms with Crippen molar-refractivity contribution in [2.45, 2.75) is 6.61 Å². The van der Waals surface area contributed by atoms with Gasteiger partial charge in [-0.1, -0.05) is 36.9 Å². The van der Waals surface area contributed by atoms with Crippen LogP contribution in [0.15, 0.2) is 42.7 Å². The van der Waals surface area contributed by atoms with E-state index in [2.05, 4.69) is 6.58 Å². The summed E-state index contributed by atoms with van der Waals surface area (Å²) in [7, 11) is 1.46. The molecule has 0 bridgehead atoms. The standard InChI is InChI=1S/C12H14FNO2/c1-10(13)8-14(2)12(15)16-9-11-6-4-3-5-7-11/h3-7H,1,8-9H2,2H3. The third kappa shape index (κ3) is 4.13. The van der Waals surface area contributed by atoms with Gasteiger partial charge in [0.25, 0.3) is 0 Å². The van der Waals surface area contributed by atoms with Crippen molar-refractivity contribution in [1.82, 2.24) is 4.90 Å². The molecule has 3 nitrogen and oxygen atoms in total. The van der Waals surface area contributed by atoms with Crippen LogP contribution in [0.25, 0.3) is 0 Å². The maximum absolute atomic E-state index is 12.4. The summed E-state index contributed by atoms with van der Waals surface area (Å²) in [5.74, 6) is -0.570. The zero-order valence-corrected chi connectivity index (χ0v) is 9.15. The Hall–Kier alpha value is -1.84. The minimum absolute atomic E-state index is 0.145. The highest BCUT2D eigenvalue weighted by Crippen LogP contribution is 2.03. The molecule has 1 amide bonds. The second kappa shape index (κ2) is 5.90. The molecule has 0 heterocycles. The first-order valence-corrected chi connectivity index (χ1v) is 4.84. The molecule has 0 aromatic heterocycles. The molecule has 0 saturated heterocycles. The number of hydrogen-bond acceptors (Lipinski definition) is 2. The van der Waals surface area contributed by atoms with Crippen LogP contribution in [0.1, 0.15) is 5.56 Å². The number of ether oxygens (including phenoxy) is 1. The quantitative estimate of drug-likeness (QED) is 0.785. The van der Waals surface area contributed by atoms with E-state index in [4.69, 9.17) is 4.74 Å². The smallest absolute Gasteiger partial charge is 0.410 e. The topological polar surface area (TPSA) is 29.5 Å². The molecule has 0 spiro atoms. The predicted octanol–water partition coefficient (Wildman–Crippen LogP) is 2.74. The Morgan fingerprint density at radius 1 is 1.44 bits per heavy atom. The van der Waals surface area contributed by atoms with Crippen LogP contribution in [-0.2, 0) is 11.3 Å². The van der Waals surface area contributed by atoms with Gasteiger partial charge in [0.1, 0.15) is 12.4 Å². The van der Waals surface area contributed by atoms with E-state index in [1.54, 1.807) is 0 Å². The van der Waals surface area contributed by atoms with Gasteiger partial charge in [0, 0.05) is 7.05 Å². The van der Waals surface area contributed by atoms with E-state index in [-0.39, 0.29) is 13.2 Å². The van der Waals surface area contributed by atoms with Crippen molar-refractivity contribution in [2.75, 3.05) is 13.6 Å². The molecule has 1 aromatic carbocycles. The molecular formula is C12H14FNO2. The van der Waals surface area contributed by atoms with E-state index in [9.17, 15) is 9.18 Å². The van der Waals surface area contributed by atoms with Crippen LogP contribution in [0.3, 0.4) is 0 Å². The van der Waals surface area contributed by atoms with Gasteiger partial charge < -0.3 is 9.64 Å². The first-order chi connectivity index (χ1) is 7.59. The lowest BCUT2D eigenvalue weighted by Gasteiger charge is -2.15. The lowest BCUT2D eigenvalue weighted by molar-refractivity contribution is 0.106. The van der Waals surface area contributed by atoms with Crippen molar-refractivity contribution in [3.63, 3.8) is 0 Å². The fourth-order valence-electron chi connectivity index (χ4n) is 1.15. The maximum Gasteiger partial charge on any atom is 0.410 e.